The van der Waals surface area contributed by atoms with Crippen LogP contribution in [-0.2, 0) is 25.9 Å². The van der Waals surface area contributed by atoms with E-state index in [-0.39, 0.29) is 29.4 Å². The number of nitrogens with one attached hydrogen (secondary N) is 1. The summed E-state index contributed by atoms with van der Waals surface area (Å²) < 4.78 is 0. The van der Waals surface area contributed by atoms with Crippen molar-refractivity contribution in [1.82, 2.24) is 5.32 Å². The summed E-state index contributed by atoms with van der Waals surface area (Å²) in [6.45, 7) is 5.77. The van der Waals surface area contributed by atoms with Crippen molar-refractivity contribution in [3.8, 4) is 0 Å². The first kappa shape index (κ1) is 19.6. The third kappa shape index (κ3) is 4.09. The Bertz CT molecular complexity index is 757. The SMILES string of the molecule is CNC(=O)/C(=N\OC)c1ccccc1CO/N=C(/C)C(=O)C1(C)CC1C. The van der Waals surface area contributed by atoms with E-state index >= 15 is 0 Å². The molecule has 7 heteroatoms. The summed E-state index contributed by atoms with van der Waals surface area (Å²) in [4.78, 5) is 34.6. The Balaban J connectivity index is 2.13. The molecule has 0 spiro atoms. The van der Waals surface area contributed by atoms with Gasteiger partial charge in [-0.3, -0.25) is 9.59 Å². The number of nitrogens with zero attached hydrogens (tertiary/aromatic N) is 2. The molecule has 1 aliphatic rings. The second kappa shape index (κ2) is 8.12. The van der Waals surface area contributed by atoms with Crippen molar-refractivity contribution in [3.63, 3.8) is 0 Å². The number of hydrogen-bond donors (Lipinski definition) is 1. The normalized spacial score (nSPS) is 22.6. The van der Waals surface area contributed by atoms with Gasteiger partial charge in [0.25, 0.3) is 5.91 Å². The Morgan fingerprint density at radius 3 is 2.54 bits per heavy atom. The number of rotatable bonds is 8. The van der Waals surface area contributed by atoms with Gasteiger partial charge >= 0.3 is 0 Å². The number of amides is 1. The third-order valence-corrected chi connectivity index (χ3v) is 4.82. The summed E-state index contributed by atoms with van der Waals surface area (Å²) >= 11 is 0. The van der Waals surface area contributed by atoms with E-state index in [1.54, 1.807) is 25.1 Å². The Morgan fingerprint density at radius 2 is 1.96 bits per heavy atom. The Morgan fingerprint density at radius 1 is 1.31 bits per heavy atom. The number of carbonyl (C=O) groups excluding carboxylic acids is 2. The molecule has 1 aliphatic carbocycles. The fourth-order valence-corrected chi connectivity index (χ4v) is 2.85. The number of Topliss-reactive ketones (excluding diaryl/α,β-unsaturated/α-hetero) is 1. The molecule has 1 amide bonds. The number of benzene rings is 1. The molecule has 1 aromatic rings. The minimum atomic E-state index is -0.371. The predicted molar refractivity (Wildman–Crippen MR) is 98.8 cm³/mol. The smallest absolute Gasteiger partial charge is 0.273 e. The van der Waals surface area contributed by atoms with Crippen LogP contribution in [0.1, 0.15) is 38.3 Å². The molecule has 0 aliphatic heterocycles. The van der Waals surface area contributed by atoms with E-state index in [0.717, 1.165) is 6.42 Å². The number of ketones is 1. The molecule has 140 valence electrons. The van der Waals surface area contributed by atoms with Gasteiger partial charge in [-0.1, -0.05) is 48.4 Å². The number of carbonyl (C=O) groups is 2. The van der Waals surface area contributed by atoms with Crippen molar-refractivity contribution in [2.75, 3.05) is 14.2 Å². The molecule has 0 radical (unpaired) electrons. The molecule has 2 rings (SSSR count). The fourth-order valence-electron chi connectivity index (χ4n) is 2.85. The van der Waals surface area contributed by atoms with Crippen LogP contribution in [0.5, 0.6) is 0 Å². The molecular formula is C19H25N3O4. The Hall–Kier alpha value is -2.70. The van der Waals surface area contributed by atoms with Crippen LogP contribution in [0.25, 0.3) is 0 Å². The van der Waals surface area contributed by atoms with Crippen LogP contribution in [0.15, 0.2) is 34.6 Å². The number of likely N-dealkylation sites (N-methyl/N-ethyl adjacent to an activating group) is 1. The summed E-state index contributed by atoms with van der Waals surface area (Å²) in [7, 11) is 2.89. The highest BCUT2D eigenvalue weighted by molar-refractivity contribution is 6.45. The highest BCUT2D eigenvalue weighted by atomic mass is 16.6. The molecular weight excluding hydrogens is 334 g/mol. The van der Waals surface area contributed by atoms with E-state index in [2.05, 4.69) is 22.6 Å². The van der Waals surface area contributed by atoms with Gasteiger partial charge in [-0.15, -0.1) is 0 Å². The first-order valence-electron chi connectivity index (χ1n) is 8.48. The summed E-state index contributed by atoms with van der Waals surface area (Å²) in [5, 5.41) is 10.3. The molecule has 1 aromatic carbocycles. The van der Waals surface area contributed by atoms with E-state index in [1.807, 2.05) is 13.0 Å². The molecule has 0 aromatic heterocycles. The largest absolute Gasteiger partial charge is 0.398 e. The fraction of sp³-hybridized carbons (Fsp3) is 0.474. The topological polar surface area (TPSA) is 89.3 Å². The van der Waals surface area contributed by atoms with Gasteiger partial charge in [-0.2, -0.15) is 0 Å². The van der Waals surface area contributed by atoms with E-state index in [4.69, 9.17) is 9.68 Å². The van der Waals surface area contributed by atoms with Gasteiger partial charge in [-0.05, 0) is 19.3 Å². The van der Waals surface area contributed by atoms with Crippen molar-refractivity contribution in [1.29, 1.82) is 0 Å². The van der Waals surface area contributed by atoms with Crippen LogP contribution < -0.4 is 5.32 Å². The maximum Gasteiger partial charge on any atom is 0.273 e. The van der Waals surface area contributed by atoms with Crippen LogP contribution in [0.4, 0.5) is 0 Å². The number of hydrogen-bond acceptors (Lipinski definition) is 6. The lowest BCUT2D eigenvalue weighted by Crippen LogP contribution is -2.29. The highest BCUT2D eigenvalue weighted by Gasteiger charge is 2.53. The minimum absolute atomic E-state index is 0.0188. The van der Waals surface area contributed by atoms with Crippen molar-refractivity contribution in [3.05, 3.63) is 35.4 Å². The first-order valence-corrected chi connectivity index (χ1v) is 8.48. The monoisotopic (exact) mass is 359 g/mol. The predicted octanol–water partition coefficient (Wildman–Crippen LogP) is 2.29. The van der Waals surface area contributed by atoms with Crippen molar-refractivity contribution < 1.29 is 19.3 Å². The maximum absolute atomic E-state index is 12.4. The van der Waals surface area contributed by atoms with Gasteiger partial charge in [-0.25, -0.2) is 0 Å². The quantitative estimate of drug-likeness (QED) is 0.570. The van der Waals surface area contributed by atoms with E-state index < -0.39 is 0 Å². The van der Waals surface area contributed by atoms with Gasteiger partial charge in [0.05, 0.1) is 0 Å². The maximum atomic E-state index is 12.4. The first-order chi connectivity index (χ1) is 12.3. The molecule has 7 nitrogen and oxygen atoms in total. The molecule has 1 fully saturated rings. The average molecular weight is 359 g/mol. The molecule has 0 heterocycles. The molecule has 1 saturated carbocycles. The Kier molecular flexibility index (Phi) is 6.13. The third-order valence-electron chi connectivity index (χ3n) is 4.82. The van der Waals surface area contributed by atoms with E-state index in [1.165, 1.54) is 14.2 Å². The second-order valence-corrected chi connectivity index (χ2v) is 6.66. The Labute approximate surface area is 153 Å². The molecule has 0 bridgehead atoms. The highest BCUT2D eigenvalue weighted by Crippen LogP contribution is 2.52. The second-order valence-electron chi connectivity index (χ2n) is 6.66. The van der Waals surface area contributed by atoms with Gasteiger partial charge in [0.2, 0.25) is 0 Å². The van der Waals surface area contributed by atoms with Gasteiger partial charge < -0.3 is 15.0 Å². The van der Waals surface area contributed by atoms with Crippen LogP contribution in [0, 0.1) is 11.3 Å². The van der Waals surface area contributed by atoms with Crippen LogP contribution in [0.3, 0.4) is 0 Å². The van der Waals surface area contributed by atoms with Crippen molar-refractivity contribution in [2.45, 2.75) is 33.8 Å². The minimum Gasteiger partial charge on any atom is -0.398 e. The van der Waals surface area contributed by atoms with Crippen LogP contribution in [-0.4, -0.2) is 37.3 Å². The van der Waals surface area contributed by atoms with Gasteiger partial charge in [0, 0.05) is 23.6 Å². The number of oxime groups is 2. The lowest BCUT2D eigenvalue weighted by Gasteiger charge is -2.11. The lowest BCUT2D eigenvalue weighted by atomic mass is 9.98. The van der Waals surface area contributed by atoms with E-state index in [0.29, 0.717) is 22.8 Å². The van der Waals surface area contributed by atoms with Crippen LogP contribution in [0.2, 0.25) is 0 Å². The zero-order chi connectivity index (χ0) is 19.3. The average Bonchev–Trinajstić information content (AvgIpc) is 3.26. The standard InChI is InChI=1S/C19H25N3O4/c1-12-10-19(12,3)17(23)13(2)21-26-11-14-8-6-7-9-15(14)16(22-25-5)18(24)20-4/h6-9,12H,10-11H2,1-5H3,(H,20,24)/b21-13-,22-16-. The summed E-state index contributed by atoms with van der Waals surface area (Å²) in [5.41, 5.74) is 1.47. The van der Waals surface area contributed by atoms with E-state index in [9.17, 15) is 9.59 Å². The zero-order valence-electron chi connectivity index (χ0n) is 15.8. The summed E-state index contributed by atoms with van der Waals surface area (Å²) in [6.07, 6.45) is 0.879. The molecule has 1 N–H and O–H groups in total. The van der Waals surface area contributed by atoms with Crippen LogP contribution >= 0.6 is 0 Å². The molecule has 0 saturated heterocycles. The van der Waals surface area contributed by atoms with Gasteiger partial charge in [0.1, 0.15) is 19.4 Å². The zero-order valence-corrected chi connectivity index (χ0v) is 15.8. The molecule has 26 heavy (non-hydrogen) atoms. The lowest BCUT2D eigenvalue weighted by molar-refractivity contribution is -0.117. The van der Waals surface area contributed by atoms with Crippen molar-refractivity contribution >= 4 is 23.1 Å². The molecule has 2 atom stereocenters. The molecule has 2 unspecified atom stereocenters. The summed E-state index contributed by atoms with van der Waals surface area (Å²) in [5.74, 6) is 0.0244. The van der Waals surface area contributed by atoms with Crippen molar-refractivity contribution in [2.24, 2.45) is 21.6 Å². The summed E-state index contributed by atoms with van der Waals surface area (Å²) in [6, 6.07) is 7.17. The van der Waals surface area contributed by atoms with Gasteiger partial charge in [0.15, 0.2) is 11.5 Å².